The molecule has 1 heterocycles. The molecule has 12 heteroatoms. The van der Waals surface area contributed by atoms with Crippen LogP contribution in [0.1, 0.15) is 6.42 Å². The number of hydrogen-bond acceptors (Lipinski definition) is 4. The fourth-order valence-corrected chi connectivity index (χ4v) is 6.95. The molecule has 0 saturated carbocycles. The third-order valence-electron chi connectivity index (χ3n) is 4.44. The average molecular weight is 485 g/mol. The topological polar surface area (TPSA) is 74.8 Å². The Morgan fingerprint density at radius 2 is 1.07 bits per heavy atom. The minimum Gasteiger partial charge on any atom is -0.207 e. The zero-order chi connectivity index (χ0) is 21.4. The van der Waals surface area contributed by atoms with Gasteiger partial charge in [-0.1, -0.05) is 23.2 Å². The van der Waals surface area contributed by atoms with Gasteiger partial charge in [-0.3, -0.25) is 0 Å². The molecule has 29 heavy (non-hydrogen) atoms. The van der Waals surface area contributed by atoms with Crippen LogP contribution in [0.3, 0.4) is 0 Å². The largest absolute Gasteiger partial charge is 0.244 e. The van der Waals surface area contributed by atoms with Crippen molar-refractivity contribution in [2.75, 3.05) is 26.2 Å². The van der Waals surface area contributed by atoms with Gasteiger partial charge < -0.3 is 0 Å². The molecule has 2 aromatic carbocycles. The van der Waals surface area contributed by atoms with Crippen LogP contribution in [0.5, 0.6) is 0 Å². The molecule has 1 saturated heterocycles. The summed E-state index contributed by atoms with van der Waals surface area (Å²) in [6, 6.07) is 5.93. The maximum Gasteiger partial charge on any atom is 0.244 e. The van der Waals surface area contributed by atoms with Crippen LogP contribution in [0.25, 0.3) is 0 Å². The minimum absolute atomic E-state index is 0.0548. The second-order valence-electron chi connectivity index (χ2n) is 6.31. The quantitative estimate of drug-likeness (QED) is 0.666. The van der Waals surface area contributed by atoms with E-state index in [1.165, 1.54) is 0 Å². The van der Waals surface area contributed by atoms with Gasteiger partial charge in [0.1, 0.15) is 21.4 Å². The first-order valence-corrected chi connectivity index (χ1v) is 12.1. The number of nitrogens with zero attached hydrogens (tertiary/aromatic N) is 2. The number of halogens is 4. The normalized spacial score (nSPS) is 17.2. The first-order valence-electron chi connectivity index (χ1n) is 8.44. The third-order valence-corrected chi connectivity index (χ3v) is 9.20. The van der Waals surface area contributed by atoms with Gasteiger partial charge in [-0.2, -0.15) is 8.61 Å². The fraction of sp³-hybridized carbons (Fsp3) is 0.294. The van der Waals surface area contributed by atoms with E-state index in [1.54, 1.807) is 0 Å². The lowest BCUT2D eigenvalue weighted by Crippen LogP contribution is -2.37. The molecule has 0 aliphatic carbocycles. The van der Waals surface area contributed by atoms with Crippen molar-refractivity contribution in [3.05, 3.63) is 58.1 Å². The summed E-state index contributed by atoms with van der Waals surface area (Å²) in [6.07, 6.45) is 0.218. The Bertz CT molecular complexity index is 1050. The predicted molar refractivity (Wildman–Crippen MR) is 105 cm³/mol. The number of hydrogen-bond donors (Lipinski definition) is 0. The lowest BCUT2D eigenvalue weighted by molar-refractivity contribution is 0.404. The van der Waals surface area contributed by atoms with Gasteiger partial charge >= 0.3 is 0 Å². The lowest BCUT2D eigenvalue weighted by atomic mass is 10.3. The molecule has 0 radical (unpaired) electrons. The molecule has 1 fully saturated rings. The van der Waals surface area contributed by atoms with Crippen molar-refractivity contribution in [1.29, 1.82) is 0 Å². The van der Waals surface area contributed by atoms with Crippen molar-refractivity contribution in [2.24, 2.45) is 0 Å². The van der Waals surface area contributed by atoms with Crippen LogP contribution in [0.15, 0.2) is 46.2 Å². The smallest absolute Gasteiger partial charge is 0.207 e. The number of benzene rings is 2. The minimum atomic E-state index is -4.04. The molecule has 1 aliphatic rings. The molecule has 0 bridgehead atoms. The standard InChI is InChI=1S/C17H16Cl2F2N2O4S2/c18-14-10-12(20)2-4-16(14)28(24,25)22-6-1-7-23(9-8-22)29(26,27)17-5-3-13(21)11-15(17)19/h2-5,10-11H,1,6-9H2. The van der Waals surface area contributed by atoms with E-state index in [1.807, 2.05) is 0 Å². The molecule has 0 amide bonds. The second-order valence-corrected chi connectivity index (χ2v) is 10.9. The molecule has 0 aromatic heterocycles. The van der Waals surface area contributed by atoms with Crippen molar-refractivity contribution in [1.82, 2.24) is 8.61 Å². The fourth-order valence-electron chi connectivity index (χ4n) is 3.00. The molecule has 3 rings (SSSR count). The maximum absolute atomic E-state index is 13.2. The average Bonchev–Trinajstić information content (AvgIpc) is 2.88. The van der Waals surface area contributed by atoms with Gasteiger partial charge in [0.25, 0.3) is 0 Å². The summed E-state index contributed by atoms with van der Waals surface area (Å²) >= 11 is 11.8. The molecular weight excluding hydrogens is 469 g/mol. The Balaban J connectivity index is 1.85. The summed E-state index contributed by atoms with van der Waals surface area (Å²) in [6.45, 7) is -0.152. The lowest BCUT2D eigenvalue weighted by Gasteiger charge is -2.22. The summed E-state index contributed by atoms with van der Waals surface area (Å²) in [5, 5.41) is -0.506. The van der Waals surface area contributed by atoms with Crippen LogP contribution in [0.4, 0.5) is 8.78 Å². The van der Waals surface area contributed by atoms with Gasteiger partial charge in [0, 0.05) is 26.2 Å². The van der Waals surface area contributed by atoms with Crippen LogP contribution in [0, 0.1) is 11.6 Å². The van der Waals surface area contributed by atoms with Crippen molar-refractivity contribution in [2.45, 2.75) is 16.2 Å². The van der Waals surface area contributed by atoms with Gasteiger partial charge in [0.2, 0.25) is 20.0 Å². The Morgan fingerprint density at radius 3 is 1.41 bits per heavy atom. The Labute approximate surface area is 177 Å². The first-order chi connectivity index (χ1) is 13.5. The molecule has 0 atom stereocenters. The van der Waals surface area contributed by atoms with Gasteiger partial charge in [0.15, 0.2) is 0 Å². The van der Waals surface area contributed by atoms with Crippen LogP contribution in [-0.4, -0.2) is 51.6 Å². The van der Waals surface area contributed by atoms with E-state index in [4.69, 9.17) is 23.2 Å². The van der Waals surface area contributed by atoms with Crippen LogP contribution in [-0.2, 0) is 20.0 Å². The zero-order valence-corrected chi connectivity index (χ0v) is 18.0. The summed E-state index contributed by atoms with van der Waals surface area (Å²) in [4.78, 5) is -0.503. The van der Waals surface area contributed by atoms with Crippen molar-refractivity contribution in [3.63, 3.8) is 0 Å². The van der Waals surface area contributed by atoms with Gasteiger partial charge in [-0.15, -0.1) is 0 Å². The Kier molecular flexibility index (Phi) is 6.52. The van der Waals surface area contributed by atoms with Crippen molar-refractivity contribution < 1.29 is 25.6 Å². The van der Waals surface area contributed by atoms with Crippen molar-refractivity contribution in [3.8, 4) is 0 Å². The Hall–Kier alpha value is -1.30. The first kappa shape index (κ1) is 22.4. The second kappa shape index (κ2) is 8.44. The SMILES string of the molecule is O=S(=O)(c1ccc(F)cc1Cl)N1CCCN(S(=O)(=O)c2ccc(F)cc2Cl)CC1. The monoisotopic (exact) mass is 484 g/mol. The molecule has 6 nitrogen and oxygen atoms in total. The summed E-state index contributed by atoms with van der Waals surface area (Å²) in [5.74, 6) is -1.34. The summed E-state index contributed by atoms with van der Waals surface area (Å²) in [7, 11) is -8.09. The van der Waals surface area contributed by atoms with E-state index in [0.717, 1.165) is 45.0 Å². The van der Waals surface area contributed by atoms with Crippen molar-refractivity contribution >= 4 is 43.2 Å². The van der Waals surface area contributed by atoms with Crippen LogP contribution >= 0.6 is 23.2 Å². The van der Waals surface area contributed by atoms with Gasteiger partial charge in [-0.05, 0) is 42.8 Å². The highest BCUT2D eigenvalue weighted by Crippen LogP contribution is 2.29. The van der Waals surface area contributed by atoms with E-state index in [0.29, 0.717) is 0 Å². The molecule has 0 spiro atoms. The number of rotatable bonds is 4. The Morgan fingerprint density at radius 1 is 0.690 bits per heavy atom. The van der Waals surface area contributed by atoms with Gasteiger partial charge in [-0.25, -0.2) is 25.6 Å². The summed E-state index contributed by atoms with van der Waals surface area (Å²) < 4.78 is 80.2. The number of sulfonamides is 2. The molecule has 1 aliphatic heterocycles. The maximum atomic E-state index is 13.2. The predicted octanol–water partition coefficient (Wildman–Crippen LogP) is 3.36. The molecule has 2 aromatic rings. The highest BCUT2D eigenvalue weighted by molar-refractivity contribution is 7.89. The van der Waals surface area contributed by atoms with Crippen LogP contribution < -0.4 is 0 Å². The summed E-state index contributed by atoms with van der Waals surface area (Å²) in [5.41, 5.74) is 0. The van der Waals surface area contributed by atoms with Gasteiger partial charge in [0.05, 0.1) is 10.0 Å². The highest BCUT2D eigenvalue weighted by Gasteiger charge is 2.33. The van der Waals surface area contributed by atoms with E-state index in [-0.39, 0.29) is 52.4 Å². The molecule has 0 N–H and O–H groups in total. The molecule has 158 valence electrons. The molecule has 0 unspecified atom stereocenters. The van der Waals surface area contributed by atoms with E-state index in [9.17, 15) is 25.6 Å². The zero-order valence-electron chi connectivity index (χ0n) is 14.9. The highest BCUT2D eigenvalue weighted by atomic mass is 35.5. The van der Waals surface area contributed by atoms with E-state index >= 15 is 0 Å². The molecular formula is C17H16Cl2F2N2O4S2. The third kappa shape index (κ3) is 4.57. The van der Waals surface area contributed by atoms with Crippen LogP contribution in [0.2, 0.25) is 10.0 Å². The van der Waals surface area contributed by atoms with E-state index < -0.39 is 31.7 Å². The van der Waals surface area contributed by atoms with E-state index in [2.05, 4.69) is 0 Å².